The number of nitrogens with zero attached hydrogens (tertiary/aromatic N) is 1. The van der Waals surface area contributed by atoms with E-state index in [1.54, 1.807) is 36.4 Å². The normalized spacial score (nSPS) is 11.3. The smallest absolute Gasteiger partial charge is 0.284 e. The summed E-state index contributed by atoms with van der Waals surface area (Å²) in [6.07, 6.45) is 1.28. The molecule has 0 bridgehead atoms. The number of benzene rings is 1. The van der Waals surface area contributed by atoms with E-state index in [1.807, 2.05) is 0 Å². The molecule has 0 fully saturated rings. The van der Waals surface area contributed by atoms with Crippen molar-refractivity contribution in [3.8, 4) is 0 Å². The Balaban J connectivity index is 1.90. The first-order chi connectivity index (χ1) is 10.6. The lowest BCUT2D eigenvalue weighted by atomic mass is 10.2. The summed E-state index contributed by atoms with van der Waals surface area (Å²) in [6, 6.07) is 9.71. The minimum atomic E-state index is -2.45. The molecule has 2 aromatic rings. The highest BCUT2D eigenvalue weighted by atomic mass is 35.5. The summed E-state index contributed by atoms with van der Waals surface area (Å²) < 4.78 is 29.4. The first kappa shape index (κ1) is 16.5. The van der Waals surface area contributed by atoms with Gasteiger partial charge in [-0.2, -0.15) is 13.9 Å². The fraction of sp³-hybridized carbons (Fsp3) is 0.143. The fourth-order valence-electron chi connectivity index (χ4n) is 1.55. The molecule has 1 aromatic heterocycles. The number of thioether (sulfide) groups is 1. The van der Waals surface area contributed by atoms with Gasteiger partial charge in [-0.15, -0.1) is 0 Å². The molecule has 116 valence electrons. The van der Waals surface area contributed by atoms with E-state index in [4.69, 9.17) is 16.0 Å². The summed E-state index contributed by atoms with van der Waals surface area (Å²) in [7, 11) is 0. The van der Waals surface area contributed by atoms with Gasteiger partial charge in [0, 0.05) is 0 Å². The molecule has 1 amide bonds. The number of carbonyl (C=O) groups is 1. The zero-order chi connectivity index (χ0) is 15.9. The Morgan fingerprint density at radius 1 is 1.36 bits per heavy atom. The average Bonchev–Trinajstić information content (AvgIpc) is 2.93. The quantitative estimate of drug-likeness (QED) is 0.632. The van der Waals surface area contributed by atoms with E-state index in [1.165, 1.54) is 6.21 Å². The van der Waals surface area contributed by atoms with Crippen molar-refractivity contribution in [3.63, 3.8) is 0 Å². The van der Waals surface area contributed by atoms with Crippen LogP contribution in [0.1, 0.15) is 21.9 Å². The van der Waals surface area contributed by atoms with Crippen molar-refractivity contribution in [2.45, 2.75) is 11.5 Å². The van der Waals surface area contributed by atoms with E-state index in [0.29, 0.717) is 33.9 Å². The summed E-state index contributed by atoms with van der Waals surface area (Å²) in [5.74, 6) is -2.08. The molecule has 1 N–H and O–H groups in total. The van der Waals surface area contributed by atoms with Crippen molar-refractivity contribution in [1.29, 1.82) is 0 Å². The number of rotatable bonds is 6. The SMILES string of the molecule is O=C(N/N=C\c1ccc(CSC(F)F)o1)c1ccccc1Cl. The number of amides is 1. The lowest BCUT2D eigenvalue weighted by molar-refractivity contribution is 0.0955. The van der Waals surface area contributed by atoms with Crippen LogP contribution in [0.3, 0.4) is 0 Å². The largest absolute Gasteiger partial charge is 0.459 e. The monoisotopic (exact) mass is 344 g/mol. The number of alkyl halides is 2. The second-order valence-corrected chi connectivity index (χ2v) is 5.44. The zero-order valence-electron chi connectivity index (χ0n) is 11.1. The van der Waals surface area contributed by atoms with E-state index in [-0.39, 0.29) is 5.75 Å². The van der Waals surface area contributed by atoms with Crippen molar-refractivity contribution in [2.24, 2.45) is 5.10 Å². The molecular formula is C14H11ClF2N2O2S. The number of hydrogen-bond acceptors (Lipinski definition) is 4. The van der Waals surface area contributed by atoms with Gasteiger partial charge >= 0.3 is 0 Å². The molecule has 2 rings (SSSR count). The van der Waals surface area contributed by atoms with Crippen LogP contribution in [0.4, 0.5) is 8.78 Å². The fourth-order valence-corrected chi connectivity index (χ4v) is 2.21. The minimum Gasteiger partial charge on any atom is -0.459 e. The maximum Gasteiger partial charge on any atom is 0.284 e. The predicted octanol–water partition coefficient (Wildman–Crippen LogP) is 4.15. The van der Waals surface area contributed by atoms with Gasteiger partial charge in [-0.25, -0.2) is 5.43 Å². The van der Waals surface area contributed by atoms with Crippen LogP contribution in [-0.2, 0) is 5.75 Å². The van der Waals surface area contributed by atoms with Gasteiger partial charge in [-0.05, 0) is 24.3 Å². The van der Waals surface area contributed by atoms with Gasteiger partial charge in [0.2, 0.25) is 0 Å². The summed E-state index contributed by atoms with van der Waals surface area (Å²) in [5.41, 5.74) is 2.61. The van der Waals surface area contributed by atoms with E-state index in [2.05, 4.69) is 10.5 Å². The molecule has 0 saturated heterocycles. The van der Waals surface area contributed by atoms with Crippen LogP contribution in [0.15, 0.2) is 45.9 Å². The van der Waals surface area contributed by atoms with Crippen LogP contribution in [0.25, 0.3) is 0 Å². The maximum absolute atomic E-state index is 12.0. The van der Waals surface area contributed by atoms with E-state index < -0.39 is 11.7 Å². The summed E-state index contributed by atoms with van der Waals surface area (Å²) >= 11 is 6.35. The van der Waals surface area contributed by atoms with Crippen LogP contribution in [0.2, 0.25) is 5.02 Å². The highest BCUT2D eigenvalue weighted by Gasteiger charge is 2.08. The third kappa shape index (κ3) is 4.85. The van der Waals surface area contributed by atoms with Crippen molar-refractivity contribution in [2.75, 3.05) is 0 Å². The first-order valence-electron chi connectivity index (χ1n) is 6.12. The van der Waals surface area contributed by atoms with Crippen LogP contribution in [0, 0.1) is 0 Å². The standard InChI is InChI=1S/C14H11ClF2N2O2S/c15-12-4-2-1-3-11(12)13(20)19-18-7-9-5-6-10(21-9)8-22-14(16)17/h1-7,14H,8H2,(H,19,20)/b18-7-. The van der Waals surface area contributed by atoms with Crippen molar-refractivity contribution >= 4 is 35.5 Å². The zero-order valence-corrected chi connectivity index (χ0v) is 12.7. The molecule has 0 aliphatic rings. The van der Waals surface area contributed by atoms with E-state index >= 15 is 0 Å². The van der Waals surface area contributed by atoms with Gasteiger partial charge in [-0.3, -0.25) is 4.79 Å². The second-order valence-electron chi connectivity index (χ2n) is 4.05. The number of hydrazone groups is 1. The number of halogens is 3. The second kappa shape index (κ2) is 7.95. The van der Waals surface area contributed by atoms with Gasteiger partial charge in [0.15, 0.2) is 0 Å². The predicted molar refractivity (Wildman–Crippen MR) is 82.5 cm³/mol. The molecule has 0 spiro atoms. The Hall–Kier alpha value is -1.86. The number of nitrogens with one attached hydrogen (secondary N) is 1. The Morgan fingerprint density at radius 2 is 2.14 bits per heavy atom. The molecule has 0 radical (unpaired) electrons. The van der Waals surface area contributed by atoms with Crippen molar-refractivity contribution in [3.05, 3.63) is 58.5 Å². The molecule has 0 aliphatic heterocycles. The van der Waals surface area contributed by atoms with Crippen LogP contribution in [-0.4, -0.2) is 17.9 Å². The lowest BCUT2D eigenvalue weighted by Crippen LogP contribution is -2.17. The van der Waals surface area contributed by atoms with Crippen LogP contribution in [0.5, 0.6) is 0 Å². The Morgan fingerprint density at radius 3 is 2.86 bits per heavy atom. The van der Waals surface area contributed by atoms with Gasteiger partial charge < -0.3 is 4.42 Å². The molecular weight excluding hydrogens is 334 g/mol. The van der Waals surface area contributed by atoms with Crippen LogP contribution < -0.4 is 5.43 Å². The number of carbonyl (C=O) groups excluding carboxylic acids is 1. The highest BCUT2D eigenvalue weighted by molar-refractivity contribution is 7.98. The molecule has 0 saturated carbocycles. The highest BCUT2D eigenvalue weighted by Crippen LogP contribution is 2.20. The Bertz CT molecular complexity index is 676. The first-order valence-corrected chi connectivity index (χ1v) is 7.55. The van der Waals surface area contributed by atoms with Crippen LogP contribution >= 0.6 is 23.4 Å². The van der Waals surface area contributed by atoms with Gasteiger partial charge in [0.25, 0.3) is 11.7 Å². The van der Waals surface area contributed by atoms with Crippen molar-refractivity contribution < 1.29 is 18.0 Å². The molecule has 8 heteroatoms. The number of hydrogen-bond donors (Lipinski definition) is 1. The topological polar surface area (TPSA) is 54.6 Å². The third-order valence-electron chi connectivity index (χ3n) is 2.51. The number of furan rings is 1. The Kier molecular flexibility index (Phi) is 5.97. The van der Waals surface area contributed by atoms with Gasteiger partial charge in [-0.1, -0.05) is 35.5 Å². The average molecular weight is 345 g/mol. The minimum absolute atomic E-state index is 0.0670. The van der Waals surface area contributed by atoms with Gasteiger partial charge in [0.1, 0.15) is 11.5 Å². The molecule has 4 nitrogen and oxygen atoms in total. The van der Waals surface area contributed by atoms with E-state index in [0.717, 1.165) is 0 Å². The van der Waals surface area contributed by atoms with Crippen molar-refractivity contribution in [1.82, 2.24) is 5.43 Å². The summed E-state index contributed by atoms with van der Waals surface area (Å²) in [6.45, 7) is 0. The molecule has 0 aliphatic carbocycles. The lowest BCUT2D eigenvalue weighted by Gasteiger charge is -2.01. The van der Waals surface area contributed by atoms with Gasteiger partial charge in [0.05, 0.1) is 22.6 Å². The molecule has 0 unspecified atom stereocenters. The molecule has 22 heavy (non-hydrogen) atoms. The summed E-state index contributed by atoms with van der Waals surface area (Å²) in [5, 5.41) is 4.05. The maximum atomic E-state index is 12.0. The molecule has 1 heterocycles. The Labute approximate surface area is 134 Å². The molecule has 0 atom stereocenters. The van der Waals surface area contributed by atoms with E-state index in [9.17, 15) is 13.6 Å². The third-order valence-corrected chi connectivity index (χ3v) is 3.54. The summed E-state index contributed by atoms with van der Waals surface area (Å²) in [4.78, 5) is 11.8. The molecule has 1 aromatic carbocycles.